The summed E-state index contributed by atoms with van der Waals surface area (Å²) in [6.07, 6.45) is 4.55. The van der Waals surface area contributed by atoms with Crippen LogP contribution in [0.15, 0.2) is 36.4 Å². The van der Waals surface area contributed by atoms with Gasteiger partial charge in [0, 0.05) is 17.2 Å². The van der Waals surface area contributed by atoms with Crippen LogP contribution in [0.5, 0.6) is 0 Å². The minimum atomic E-state index is -0.909. The van der Waals surface area contributed by atoms with Crippen molar-refractivity contribution in [1.29, 1.82) is 0 Å². The normalized spacial score (nSPS) is 17.3. The van der Waals surface area contributed by atoms with E-state index < -0.39 is 11.4 Å². The molecule has 0 fully saturated rings. The van der Waals surface area contributed by atoms with E-state index in [-0.39, 0.29) is 5.41 Å². The maximum absolute atomic E-state index is 11.5. The van der Waals surface area contributed by atoms with Crippen LogP contribution in [-0.4, -0.2) is 29.6 Å². The number of aryl methyl sites for hydroxylation is 1. The Labute approximate surface area is 200 Å². The van der Waals surface area contributed by atoms with E-state index in [0.717, 1.165) is 29.7 Å². The largest absolute Gasteiger partial charge is 0.481 e. The van der Waals surface area contributed by atoms with Crippen LogP contribution in [0.1, 0.15) is 100 Å². The summed E-state index contributed by atoms with van der Waals surface area (Å²) < 4.78 is 0. The molecular formula is C30H39NO2. The highest BCUT2D eigenvalue weighted by Crippen LogP contribution is 2.45. The first-order valence-corrected chi connectivity index (χ1v) is 12.2. The molecule has 0 radical (unpaired) electrons. The fourth-order valence-electron chi connectivity index (χ4n) is 5.00. The molecule has 1 N–H and O–H groups in total. The lowest BCUT2D eigenvalue weighted by molar-refractivity contribution is -0.142. The maximum atomic E-state index is 11.5. The van der Waals surface area contributed by atoms with Crippen LogP contribution in [0.4, 0.5) is 0 Å². The van der Waals surface area contributed by atoms with E-state index in [4.69, 9.17) is 0 Å². The molecule has 3 nitrogen and oxygen atoms in total. The van der Waals surface area contributed by atoms with E-state index >= 15 is 0 Å². The van der Waals surface area contributed by atoms with Gasteiger partial charge in [0.1, 0.15) is 0 Å². The summed E-state index contributed by atoms with van der Waals surface area (Å²) in [5.41, 5.74) is 6.36. The molecular weight excluding hydrogens is 406 g/mol. The van der Waals surface area contributed by atoms with Crippen molar-refractivity contribution in [2.45, 2.75) is 84.1 Å². The topological polar surface area (TPSA) is 40.5 Å². The third-order valence-electron chi connectivity index (χ3n) is 7.35. The molecule has 0 amide bonds. The molecule has 0 bridgehead atoms. The van der Waals surface area contributed by atoms with Gasteiger partial charge in [0.25, 0.3) is 0 Å². The van der Waals surface area contributed by atoms with Gasteiger partial charge in [-0.25, -0.2) is 0 Å². The maximum Gasteiger partial charge on any atom is 0.313 e. The summed E-state index contributed by atoms with van der Waals surface area (Å²) >= 11 is 0. The Hall–Kier alpha value is -2.57. The van der Waals surface area contributed by atoms with Crippen LogP contribution in [-0.2, 0) is 22.0 Å². The fraction of sp³-hybridized carbons (Fsp3) is 0.500. The summed E-state index contributed by atoms with van der Waals surface area (Å²) in [5, 5.41) is 9.46. The highest BCUT2D eigenvalue weighted by atomic mass is 16.4. The number of fused-ring (bicyclic) bond motifs is 1. The summed E-state index contributed by atoms with van der Waals surface area (Å²) in [6, 6.07) is 12.7. The van der Waals surface area contributed by atoms with Gasteiger partial charge in [-0.1, -0.05) is 51.7 Å². The summed E-state index contributed by atoms with van der Waals surface area (Å²) in [7, 11) is 2.26. The van der Waals surface area contributed by atoms with Gasteiger partial charge in [0.05, 0.1) is 5.41 Å². The quantitative estimate of drug-likeness (QED) is 0.518. The minimum absolute atomic E-state index is 0.143. The van der Waals surface area contributed by atoms with Crippen molar-refractivity contribution in [1.82, 2.24) is 4.90 Å². The molecule has 1 aliphatic rings. The zero-order chi connectivity index (χ0) is 24.4. The first kappa shape index (κ1) is 25.1. The van der Waals surface area contributed by atoms with Crippen molar-refractivity contribution in [3.05, 3.63) is 69.8 Å². The SMILES string of the molecule is CCCN(C)C1CCC(C)(C)c2cc(C#Cc3ccc(C(C)(C)C(=O)O)cc3)cc(CC)c21. The second-order valence-corrected chi connectivity index (χ2v) is 10.6. The number of rotatable bonds is 6. The van der Waals surface area contributed by atoms with Crippen molar-refractivity contribution in [2.75, 3.05) is 13.6 Å². The Morgan fingerprint density at radius 1 is 1.12 bits per heavy atom. The van der Waals surface area contributed by atoms with Crippen LogP contribution in [0.25, 0.3) is 0 Å². The van der Waals surface area contributed by atoms with Crippen molar-refractivity contribution in [2.24, 2.45) is 0 Å². The summed E-state index contributed by atoms with van der Waals surface area (Å²) in [5.74, 6) is 5.87. The van der Waals surface area contributed by atoms with Gasteiger partial charge in [-0.05, 0) is 105 Å². The van der Waals surface area contributed by atoms with Gasteiger partial charge in [-0.2, -0.15) is 0 Å². The number of carbonyl (C=O) groups is 1. The zero-order valence-electron chi connectivity index (χ0n) is 21.4. The number of carboxylic acids is 1. The second kappa shape index (κ2) is 9.74. The molecule has 3 rings (SSSR count). The van der Waals surface area contributed by atoms with Crippen molar-refractivity contribution >= 4 is 5.97 Å². The molecule has 3 heteroatoms. The van der Waals surface area contributed by atoms with E-state index in [1.807, 2.05) is 24.3 Å². The molecule has 1 unspecified atom stereocenters. The molecule has 2 aromatic rings. The first-order valence-electron chi connectivity index (χ1n) is 12.2. The number of nitrogens with zero attached hydrogens (tertiary/aromatic N) is 1. The van der Waals surface area contributed by atoms with Gasteiger partial charge in [0.2, 0.25) is 0 Å². The van der Waals surface area contributed by atoms with E-state index in [2.05, 4.69) is 63.6 Å². The van der Waals surface area contributed by atoms with Crippen molar-refractivity contribution in [3.8, 4) is 11.8 Å². The Bertz CT molecular complexity index is 1070. The zero-order valence-corrected chi connectivity index (χ0v) is 21.4. The number of aliphatic carboxylic acids is 1. The van der Waals surface area contributed by atoms with Gasteiger partial charge in [-0.15, -0.1) is 0 Å². The highest BCUT2D eigenvalue weighted by Gasteiger charge is 2.36. The summed E-state index contributed by atoms with van der Waals surface area (Å²) in [6.45, 7) is 13.8. The Kier molecular flexibility index (Phi) is 7.39. The molecule has 0 saturated carbocycles. The molecule has 1 atom stereocenters. The predicted molar refractivity (Wildman–Crippen MR) is 137 cm³/mol. The van der Waals surface area contributed by atoms with Crippen LogP contribution in [0, 0.1) is 11.8 Å². The molecule has 176 valence electrons. The predicted octanol–water partition coefficient (Wildman–Crippen LogP) is 6.47. The second-order valence-electron chi connectivity index (χ2n) is 10.6. The minimum Gasteiger partial charge on any atom is -0.481 e. The third kappa shape index (κ3) is 5.17. The van der Waals surface area contributed by atoms with Crippen LogP contribution >= 0.6 is 0 Å². The molecule has 2 aromatic carbocycles. The molecule has 1 aliphatic carbocycles. The van der Waals surface area contributed by atoms with Crippen LogP contribution < -0.4 is 0 Å². The Morgan fingerprint density at radius 2 is 1.76 bits per heavy atom. The van der Waals surface area contributed by atoms with Gasteiger partial charge in [-0.3, -0.25) is 9.69 Å². The van der Waals surface area contributed by atoms with Crippen LogP contribution in [0.2, 0.25) is 0 Å². The number of hydrogen-bond donors (Lipinski definition) is 1. The highest BCUT2D eigenvalue weighted by molar-refractivity contribution is 5.80. The first-order chi connectivity index (χ1) is 15.5. The Morgan fingerprint density at radius 3 is 2.33 bits per heavy atom. The molecule has 0 aliphatic heterocycles. The lowest BCUT2D eigenvalue weighted by atomic mass is 9.68. The Balaban J connectivity index is 1.99. The summed E-state index contributed by atoms with van der Waals surface area (Å²) in [4.78, 5) is 14.0. The molecule has 33 heavy (non-hydrogen) atoms. The van der Waals surface area contributed by atoms with Gasteiger partial charge < -0.3 is 5.11 Å². The van der Waals surface area contributed by atoms with Crippen molar-refractivity contribution < 1.29 is 9.90 Å². The number of benzene rings is 2. The lowest BCUT2D eigenvalue weighted by Crippen LogP contribution is -2.35. The number of hydrogen-bond acceptors (Lipinski definition) is 2. The van der Waals surface area contributed by atoms with E-state index in [9.17, 15) is 9.90 Å². The monoisotopic (exact) mass is 445 g/mol. The van der Waals surface area contributed by atoms with E-state index in [1.54, 1.807) is 13.8 Å². The van der Waals surface area contributed by atoms with Crippen molar-refractivity contribution in [3.63, 3.8) is 0 Å². The fourth-order valence-corrected chi connectivity index (χ4v) is 5.00. The average Bonchev–Trinajstić information content (AvgIpc) is 2.77. The third-order valence-corrected chi connectivity index (χ3v) is 7.35. The lowest BCUT2D eigenvalue weighted by Gasteiger charge is -2.42. The van der Waals surface area contributed by atoms with Crippen LogP contribution in [0.3, 0.4) is 0 Å². The molecule has 0 spiro atoms. The smallest absolute Gasteiger partial charge is 0.313 e. The molecule has 0 heterocycles. The van der Waals surface area contributed by atoms with Gasteiger partial charge in [0.15, 0.2) is 0 Å². The molecule has 0 aromatic heterocycles. The van der Waals surface area contributed by atoms with Gasteiger partial charge >= 0.3 is 5.97 Å². The average molecular weight is 446 g/mol. The number of carboxylic acid groups (broad SMARTS) is 1. The molecule has 0 saturated heterocycles. The van der Waals surface area contributed by atoms with E-state index in [1.165, 1.54) is 36.0 Å². The van der Waals surface area contributed by atoms with E-state index in [0.29, 0.717) is 6.04 Å². The standard InChI is InChI=1S/C30H39NO2/c1-8-18-31(7)26-16-17-29(3,4)25-20-22(19-23(9-2)27(25)26)11-10-21-12-14-24(15-13-21)30(5,6)28(32)33/h12-15,19-20,26H,8-9,16-18H2,1-7H3,(H,32,33).